The van der Waals surface area contributed by atoms with Crippen molar-refractivity contribution in [3.05, 3.63) is 42.0 Å². The highest BCUT2D eigenvalue weighted by molar-refractivity contribution is 5.36. The molecular formula is C17H27NO. The van der Waals surface area contributed by atoms with Crippen LogP contribution in [0.4, 0.5) is 0 Å². The van der Waals surface area contributed by atoms with E-state index in [2.05, 4.69) is 44.8 Å². The van der Waals surface area contributed by atoms with Gasteiger partial charge in [0.05, 0.1) is 0 Å². The standard InChI is InChI=1S/C17H27NO/c1-5-11-18-12-14(3)13-19-17-10-8-7-9-16(17)15(4)6-2/h7-10,15,18H,3,5-6,11-13H2,1-2,4H3. The molecule has 0 amide bonds. The second-order valence-electron chi connectivity index (χ2n) is 5.06. The average Bonchev–Trinajstić information content (AvgIpc) is 2.45. The number of rotatable bonds is 9. The van der Waals surface area contributed by atoms with Crippen molar-refractivity contribution in [2.45, 2.75) is 39.5 Å². The van der Waals surface area contributed by atoms with Crippen molar-refractivity contribution in [2.24, 2.45) is 0 Å². The Kier molecular flexibility index (Phi) is 7.27. The molecule has 1 aromatic carbocycles. The van der Waals surface area contributed by atoms with Crippen LogP contribution in [0.3, 0.4) is 0 Å². The van der Waals surface area contributed by atoms with Gasteiger partial charge in [0.1, 0.15) is 12.4 Å². The third kappa shape index (κ3) is 5.48. The lowest BCUT2D eigenvalue weighted by molar-refractivity contribution is 0.342. The monoisotopic (exact) mass is 261 g/mol. The summed E-state index contributed by atoms with van der Waals surface area (Å²) in [5, 5.41) is 3.34. The van der Waals surface area contributed by atoms with E-state index in [1.807, 2.05) is 12.1 Å². The van der Waals surface area contributed by atoms with Crippen molar-refractivity contribution >= 4 is 0 Å². The van der Waals surface area contributed by atoms with E-state index in [0.29, 0.717) is 12.5 Å². The van der Waals surface area contributed by atoms with Crippen LogP contribution in [0.5, 0.6) is 5.75 Å². The van der Waals surface area contributed by atoms with Crippen molar-refractivity contribution in [1.29, 1.82) is 0 Å². The molecule has 0 radical (unpaired) electrons. The zero-order valence-corrected chi connectivity index (χ0v) is 12.5. The Balaban J connectivity index is 2.50. The summed E-state index contributed by atoms with van der Waals surface area (Å²) < 4.78 is 5.91. The average molecular weight is 261 g/mol. The molecule has 0 saturated carbocycles. The fraction of sp³-hybridized carbons (Fsp3) is 0.529. The largest absolute Gasteiger partial charge is 0.489 e. The fourth-order valence-electron chi connectivity index (χ4n) is 1.91. The summed E-state index contributed by atoms with van der Waals surface area (Å²) in [5.41, 5.74) is 2.38. The highest BCUT2D eigenvalue weighted by Gasteiger charge is 2.09. The summed E-state index contributed by atoms with van der Waals surface area (Å²) in [6.07, 6.45) is 2.27. The minimum atomic E-state index is 0.530. The fourth-order valence-corrected chi connectivity index (χ4v) is 1.91. The Morgan fingerprint density at radius 1 is 1.32 bits per heavy atom. The van der Waals surface area contributed by atoms with Gasteiger partial charge >= 0.3 is 0 Å². The molecule has 19 heavy (non-hydrogen) atoms. The molecule has 1 atom stereocenters. The summed E-state index contributed by atoms with van der Waals surface area (Å²) in [6.45, 7) is 13.1. The Morgan fingerprint density at radius 3 is 2.74 bits per heavy atom. The van der Waals surface area contributed by atoms with Gasteiger partial charge < -0.3 is 10.1 Å². The van der Waals surface area contributed by atoms with Crippen LogP contribution >= 0.6 is 0 Å². The molecule has 106 valence electrons. The van der Waals surface area contributed by atoms with Crippen LogP contribution in [-0.4, -0.2) is 19.7 Å². The maximum absolute atomic E-state index is 5.91. The minimum absolute atomic E-state index is 0.530. The van der Waals surface area contributed by atoms with Gasteiger partial charge in [-0.3, -0.25) is 0 Å². The molecule has 0 spiro atoms. The molecule has 0 aliphatic heterocycles. The number of ether oxygens (including phenoxy) is 1. The lowest BCUT2D eigenvalue weighted by atomic mass is 9.98. The van der Waals surface area contributed by atoms with E-state index in [-0.39, 0.29) is 0 Å². The SMILES string of the molecule is C=C(CNCCC)COc1ccccc1C(C)CC. The van der Waals surface area contributed by atoms with Gasteiger partial charge in [0.15, 0.2) is 0 Å². The van der Waals surface area contributed by atoms with Crippen molar-refractivity contribution in [3.63, 3.8) is 0 Å². The van der Waals surface area contributed by atoms with Gasteiger partial charge in [-0.1, -0.05) is 45.5 Å². The smallest absolute Gasteiger partial charge is 0.123 e. The highest BCUT2D eigenvalue weighted by Crippen LogP contribution is 2.28. The van der Waals surface area contributed by atoms with Crippen LogP contribution < -0.4 is 10.1 Å². The molecule has 1 N–H and O–H groups in total. The Hall–Kier alpha value is -1.28. The van der Waals surface area contributed by atoms with Crippen LogP contribution in [-0.2, 0) is 0 Å². The highest BCUT2D eigenvalue weighted by atomic mass is 16.5. The van der Waals surface area contributed by atoms with Gasteiger partial charge in [-0.2, -0.15) is 0 Å². The molecule has 0 aliphatic carbocycles. The summed E-state index contributed by atoms with van der Waals surface area (Å²) in [7, 11) is 0. The predicted octanol–water partition coefficient (Wildman–Crippen LogP) is 4.13. The van der Waals surface area contributed by atoms with Gasteiger partial charge in [0, 0.05) is 6.54 Å². The first-order chi connectivity index (χ1) is 9.19. The van der Waals surface area contributed by atoms with Crippen LogP contribution in [0.2, 0.25) is 0 Å². The van der Waals surface area contributed by atoms with E-state index in [0.717, 1.165) is 37.3 Å². The Labute approximate surface area is 117 Å². The molecule has 0 bridgehead atoms. The molecule has 0 saturated heterocycles. The number of nitrogens with one attached hydrogen (secondary N) is 1. The predicted molar refractivity (Wildman–Crippen MR) is 82.9 cm³/mol. The maximum atomic E-state index is 5.91. The van der Waals surface area contributed by atoms with E-state index in [4.69, 9.17) is 4.74 Å². The summed E-state index contributed by atoms with van der Waals surface area (Å²) in [6, 6.07) is 8.31. The van der Waals surface area contributed by atoms with E-state index >= 15 is 0 Å². The first-order valence-corrected chi connectivity index (χ1v) is 7.28. The molecule has 1 unspecified atom stereocenters. The quantitative estimate of drug-likeness (QED) is 0.533. The summed E-state index contributed by atoms with van der Waals surface area (Å²) in [5.74, 6) is 1.52. The van der Waals surface area contributed by atoms with E-state index in [9.17, 15) is 0 Å². The third-order valence-electron chi connectivity index (χ3n) is 3.30. The van der Waals surface area contributed by atoms with Gasteiger partial charge in [0.2, 0.25) is 0 Å². The zero-order valence-electron chi connectivity index (χ0n) is 12.5. The van der Waals surface area contributed by atoms with E-state index < -0.39 is 0 Å². The van der Waals surface area contributed by atoms with E-state index in [1.54, 1.807) is 0 Å². The number of hydrogen-bond acceptors (Lipinski definition) is 2. The Bertz CT molecular complexity index is 387. The number of hydrogen-bond donors (Lipinski definition) is 1. The van der Waals surface area contributed by atoms with Gasteiger partial charge in [-0.25, -0.2) is 0 Å². The van der Waals surface area contributed by atoms with Crippen molar-refractivity contribution in [1.82, 2.24) is 5.32 Å². The molecule has 0 heterocycles. The molecule has 0 aliphatic rings. The molecule has 0 fully saturated rings. The third-order valence-corrected chi connectivity index (χ3v) is 3.30. The van der Waals surface area contributed by atoms with Crippen LogP contribution in [0.1, 0.15) is 45.1 Å². The molecule has 1 rings (SSSR count). The van der Waals surface area contributed by atoms with E-state index in [1.165, 1.54) is 5.56 Å². The summed E-state index contributed by atoms with van der Waals surface area (Å²) in [4.78, 5) is 0. The normalized spacial score (nSPS) is 12.2. The van der Waals surface area contributed by atoms with Crippen molar-refractivity contribution in [3.8, 4) is 5.75 Å². The second-order valence-corrected chi connectivity index (χ2v) is 5.06. The molecular weight excluding hydrogens is 234 g/mol. The first-order valence-electron chi connectivity index (χ1n) is 7.28. The lowest BCUT2D eigenvalue weighted by Gasteiger charge is -2.16. The van der Waals surface area contributed by atoms with Crippen LogP contribution in [0.25, 0.3) is 0 Å². The minimum Gasteiger partial charge on any atom is -0.489 e. The molecule has 1 aromatic rings. The van der Waals surface area contributed by atoms with Crippen molar-refractivity contribution in [2.75, 3.05) is 19.7 Å². The first kappa shape index (κ1) is 15.8. The van der Waals surface area contributed by atoms with Gasteiger partial charge in [-0.05, 0) is 42.5 Å². The second kappa shape index (κ2) is 8.76. The zero-order chi connectivity index (χ0) is 14.1. The van der Waals surface area contributed by atoms with Gasteiger partial charge in [0.25, 0.3) is 0 Å². The summed E-state index contributed by atoms with van der Waals surface area (Å²) >= 11 is 0. The van der Waals surface area contributed by atoms with Crippen LogP contribution in [0.15, 0.2) is 36.4 Å². The number of benzene rings is 1. The van der Waals surface area contributed by atoms with Crippen LogP contribution in [0, 0.1) is 0 Å². The molecule has 0 aromatic heterocycles. The topological polar surface area (TPSA) is 21.3 Å². The Morgan fingerprint density at radius 2 is 2.05 bits per heavy atom. The molecule has 2 heteroatoms. The maximum Gasteiger partial charge on any atom is 0.123 e. The lowest BCUT2D eigenvalue weighted by Crippen LogP contribution is -2.20. The number of para-hydroxylation sites is 1. The molecule has 2 nitrogen and oxygen atoms in total. The van der Waals surface area contributed by atoms with Crippen molar-refractivity contribution < 1.29 is 4.74 Å². The van der Waals surface area contributed by atoms with Gasteiger partial charge in [-0.15, -0.1) is 0 Å².